The largest absolute Gasteiger partial charge is 0.379 e. The van der Waals surface area contributed by atoms with Crippen molar-refractivity contribution < 1.29 is 4.74 Å². The van der Waals surface area contributed by atoms with Crippen molar-refractivity contribution >= 4 is 0 Å². The lowest BCUT2D eigenvalue weighted by atomic mass is 9.85. The van der Waals surface area contributed by atoms with Crippen LogP contribution in [0.1, 0.15) is 29.2 Å². The lowest BCUT2D eigenvalue weighted by Gasteiger charge is -2.30. The van der Waals surface area contributed by atoms with Gasteiger partial charge in [-0.2, -0.15) is 0 Å². The van der Waals surface area contributed by atoms with Gasteiger partial charge in [-0.05, 0) is 30.9 Å². The number of hydrogen-bond donors (Lipinski definition) is 1. The van der Waals surface area contributed by atoms with Gasteiger partial charge in [0, 0.05) is 7.11 Å². The summed E-state index contributed by atoms with van der Waals surface area (Å²) in [6.07, 6.45) is 2.31. The zero-order valence-corrected chi connectivity index (χ0v) is 8.79. The van der Waals surface area contributed by atoms with Crippen LogP contribution in [0.4, 0.5) is 0 Å². The molecule has 76 valence electrons. The number of ether oxygens (including phenoxy) is 1. The van der Waals surface area contributed by atoms with Crippen LogP contribution in [-0.4, -0.2) is 13.2 Å². The van der Waals surface area contributed by atoms with E-state index in [1.807, 2.05) is 0 Å². The quantitative estimate of drug-likeness (QED) is 0.736. The predicted octanol–water partition coefficient (Wildman–Crippen LogP) is 1.96. The van der Waals surface area contributed by atoms with Crippen LogP contribution in [0.2, 0.25) is 0 Å². The topological polar surface area (TPSA) is 35.2 Å². The zero-order valence-electron chi connectivity index (χ0n) is 8.79. The molecule has 0 aromatic heterocycles. The smallest absolute Gasteiger partial charge is 0.0767 e. The number of methoxy groups -OCH3 is 1. The summed E-state index contributed by atoms with van der Waals surface area (Å²) < 4.78 is 5.38. The van der Waals surface area contributed by atoms with Gasteiger partial charge in [0.1, 0.15) is 0 Å². The van der Waals surface area contributed by atoms with Crippen LogP contribution in [0, 0.1) is 6.92 Å². The molecule has 0 saturated heterocycles. The van der Waals surface area contributed by atoms with E-state index in [0.717, 1.165) is 12.8 Å². The predicted molar refractivity (Wildman–Crippen MR) is 57.2 cm³/mol. The van der Waals surface area contributed by atoms with Gasteiger partial charge in [0.15, 0.2) is 0 Å². The van der Waals surface area contributed by atoms with Crippen molar-refractivity contribution in [3.63, 3.8) is 0 Å². The number of benzene rings is 1. The Morgan fingerprint density at radius 3 is 2.93 bits per heavy atom. The molecule has 1 aliphatic carbocycles. The summed E-state index contributed by atoms with van der Waals surface area (Å²) in [5.41, 5.74) is 10.1. The van der Waals surface area contributed by atoms with Gasteiger partial charge in [-0.15, -0.1) is 0 Å². The lowest BCUT2D eigenvalue weighted by molar-refractivity contribution is 0.0678. The SMILES string of the molecule is COC1CCc2ccc(C)cc2C1N. The maximum Gasteiger partial charge on any atom is 0.0767 e. The van der Waals surface area contributed by atoms with E-state index >= 15 is 0 Å². The first-order valence-corrected chi connectivity index (χ1v) is 5.10. The minimum absolute atomic E-state index is 0.0450. The highest BCUT2D eigenvalue weighted by molar-refractivity contribution is 5.36. The van der Waals surface area contributed by atoms with E-state index in [1.165, 1.54) is 16.7 Å². The summed E-state index contributed by atoms with van der Waals surface area (Å²) in [5, 5.41) is 0. The van der Waals surface area contributed by atoms with Gasteiger partial charge in [-0.1, -0.05) is 23.8 Å². The molecule has 0 spiro atoms. The molecule has 0 radical (unpaired) electrons. The van der Waals surface area contributed by atoms with Gasteiger partial charge < -0.3 is 10.5 Å². The number of hydrogen-bond acceptors (Lipinski definition) is 2. The summed E-state index contributed by atoms with van der Waals surface area (Å²) in [7, 11) is 1.74. The molecule has 2 unspecified atom stereocenters. The molecule has 0 saturated carbocycles. The lowest BCUT2D eigenvalue weighted by Crippen LogP contribution is -2.33. The van der Waals surface area contributed by atoms with Gasteiger partial charge >= 0.3 is 0 Å². The number of fused-ring (bicyclic) bond motifs is 1. The highest BCUT2D eigenvalue weighted by Gasteiger charge is 2.26. The first-order chi connectivity index (χ1) is 6.72. The molecule has 2 rings (SSSR count). The molecule has 1 aliphatic rings. The molecule has 0 fully saturated rings. The second-order valence-electron chi connectivity index (χ2n) is 4.04. The van der Waals surface area contributed by atoms with Crippen molar-refractivity contribution in [1.29, 1.82) is 0 Å². The van der Waals surface area contributed by atoms with E-state index < -0.39 is 0 Å². The molecule has 1 aromatic rings. The van der Waals surface area contributed by atoms with E-state index in [4.69, 9.17) is 10.5 Å². The Kier molecular flexibility index (Phi) is 2.57. The Balaban J connectivity index is 2.38. The third kappa shape index (κ3) is 1.56. The fourth-order valence-electron chi connectivity index (χ4n) is 2.19. The fourth-order valence-corrected chi connectivity index (χ4v) is 2.19. The second kappa shape index (κ2) is 3.71. The Morgan fingerprint density at radius 2 is 2.21 bits per heavy atom. The zero-order chi connectivity index (χ0) is 10.1. The van der Waals surface area contributed by atoms with Gasteiger partial charge in [0.05, 0.1) is 12.1 Å². The van der Waals surface area contributed by atoms with Gasteiger partial charge in [-0.3, -0.25) is 0 Å². The third-order valence-corrected chi connectivity index (χ3v) is 3.06. The minimum atomic E-state index is 0.0450. The summed E-state index contributed by atoms with van der Waals surface area (Å²) >= 11 is 0. The summed E-state index contributed by atoms with van der Waals surface area (Å²) in [6, 6.07) is 6.57. The minimum Gasteiger partial charge on any atom is -0.379 e. The maximum atomic E-state index is 6.14. The van der Waals surface area contributed by atoms with Crippen molar-refractivity contribution in [1.82, 2.24) is 0 Å². The average molecular weight is 191 g/mol. The second-order valence-corrected chi connectivity index (χ2v) is 4.04. The van der Waals surface area contributed by atoms with Crippen LogP contribution >= 0.6 is 0 Å². The molecule has 0 amide bonds. The average Bonchev–Trinajstić information content (AvgIpc) is 2.20. The molecule has 0 bridgehead atoms. The Bertz CT molecular complexity index is 335. The van der Waals surface area contributed by atoms with E-state index in [2.05, 4.69) is 25.1 Å². The molecule has 0 heterocycles. The molecular weight excluding hydrogens is 174 g/mol. The molecule has 2 N–H and O–H groups in total. The number of aryl methyl sites for hydroxylation is 2. The van der Waals surface area contributed by atoms with E-state index in [1.54, 1.807) is 7.11 Å². The normalized spacial score (nSPS) is 25.9. The number of nitrogens with two attached hydrogens (primary N) is 1. The molecule has 0 aliphatic heterocycles. The molecule has 2 atom stereocenters. The van der Waals surface area contributed by atoms with Gasteiger partial charge in [-0.25, -0.2) is 0 Å². The first kappa shape index (κ1) is 9.69. The van der Waals surface area contributed by atoms with Crippen molar-refractivity contribution in [2.24, 2.45) is 5.73 Å². The summed E-state index contributed by atoms with van der Waals surface area (Å²) in [5.74, 6) is 0. The van der Waals surface area contributed by atoms with Crippen molar-refractivity contribution in [3.8, 4) is 0 Å². The third-order valence-electron chi connectivity index (χ3n) is 3.06. The maximum absolute atomic E-state index is 6.14. The number of rotatable bonds is 1. The molecule has 14 heavy (non-hydrogen) atoms. The highest BCUT2D eigenvalue weighted by Crippen LogP contribution is 2.30. The molecule has 2 nitrogen and oxygen atoms in total. The van der Waals surface area contributed by atoms with Crippen molar-refractivity contribution in [2.75, 3.05) is 7.11 Å². The van der Waals surface area contributed by atoms with Crippen molar-refractivity contribution in [2.45, 2.75) is 31.9 Å². The fraction of sp³-hybridized carbons (Fsp3) is 0.500. The Hall–Kier alpha value is -0.860. The van der Waals surface area contributed by atoms with E-state index in [-0.39, 0.29) is 12.1 Å². The molecule has 1 aromatic carbocycles. The van der Waals surface area contributed by atoms with Gasteiger partial charge in [0.2, 0.25) is 0 Å². The van der Waals surface area contributed by atoms with Crippen LogP contribution in [0.5, 0.6) is 0 Å². The Morgan fingerprint density at radius 1 is 1.43 bits per heavy atom. The van der Waals surface area contributed by atoms with Crippen LogP contribution < -0.4 is 5.73 Å². The van der Waals surface area contributed by atoms with E-state index in [0.29, 0.717) is 0 Å². The highest BCUT2D eigenvalue weighted by atomic mass is 16.5. The van der Waals surface area contributed by atoms with E-state index in [9.17, 15) is 0 Å². The molecule has 2 heteroatoms. The van der Waals surface area contributed by atoms with Crippen LogP contribution in [0.25, 0.3) is 0 Å². The van der Waals surface area contributed by atoms with Crippen LogP contribution in [-0.2, 0) is 11.2 Å². The Labute approximate surface area is 85.1 Å². The monoisotopic (exact) mass is 191 g/mol. The van der Waals surface area contributed by atoms with Gasteiger partial charge in [0.25, 0.3) is 0 Å². The summed E-state index contributed by atoms with van der Waals surface area (Å²) in [6.45, 7) is 2.10. The summed E-state index contributed by atoms with van der Waals surface area (Å²) in [4.78, 5) is 0. The van der Waals surface area contributed by atoms with Crippen LogP contribution in [0.15, 0.2) is 18.2 Å². The standard InChI is InChI=1S/C12H17NO/c1-8-3-4-9-5-6-11(14-2)12(13)10(9)7-8/h3-4,7,11-12H,5-6,13H2,1-2H3. The van der Waals surface area contributed by atoms with Crippen LogP contribution in [0.3, 0.4) is 0 Å². The van der Waals surface area contributed by atoms with Crippen molar-refractivity contribution in [3.05, 3.63) is 34.9 Å². The molecular formula is C12H17NO. The first-order valence-electron chi connectivity index (χ1n) is 5.10.